The number of aliphatic carboxylic acids is 1. The molecule has 1 unspecified atom stereocenters. The number of benzene rings is 2. The first-order valence-corrected chi connectivity index (χ1v) is 8.82. The zero-order chi connectivity index (χ0) is 18.1. The summed E-state index contributed by atoms with van der Waals surface area (Å²) in [6, 6.07) is 15.0. The Labute approximate surface area is 149 Å². The normalized spacial score (nSPS) is 11.8. The third kappa shape index (κ3) is 5.52. The van der Waals surface area contributed by atoms with Gasteiger partial charge in [0.15, 0.2) is 11.5 Å². The number of carbonyl (C=O) groups is 1. The fourth-order valence-corrected chi connectivity index (χ4v) is 2.66. The Bertz CT molecular complexity index is 667. The molecule has 0 spiro atoms. The van der Waals surface area contributed by atoms with E-state index in [0.717, 1.165) is 24.0 Å². The van der Waals surface area contributed by atoms with Crippen LogP contribution >= 0.6 is 0 Å². The van der Waals surface area contributed by atoms with Crippen molar-refractivity contribution in [3.8, 4) is 11.5 Å². The van der Waals surface area contributed by atoms with Crippen LogP contribution in [-0.4, -0.2) is 24.3 Å². The van der Waals surface area contributed by atoms with E-state index in [4.69, 9.17) is 9.47 Å². The molecule has 0 fully saturated rings. The predicted octanol–water partition coefficient (Wildman–Crippen LogP) is 4.68. The van der Waals surface area contributed by atoms with Gasteiger partial charge in [-0.25, -0.2) is 0 Å². The summed E-state index contributed by atoms with van der Waals surface area (Å²) in [5.41, 5.74) is 1.72. The van der Waals surface area contributed by atoms with E-state index in [2.05, 4.69) is 6.92 Å². The van der Waals surface area contributed by atoms with Gasteiger partial charge in [-0.05, 0) is 43.0 Å². The quantitative estimate of drug-likeness (QED) is 0.637. The van der Waals surface area contributed by atoms with Gasteiger partial charge >= 0.3 is 5.97 Å². The summed E-state index contributed by atoms with van der Waals surface area (Å²) in [7, 11) is 0. The van der Waals surface area contributed by atoms with Gasteiger partial charge in [0.2, 0.25) is 0 Å². The Morgan fingerprint density at radius 2 is 1.80 bits per heavy atom. The maximum atomic E-state index is 11.7. The minimum atomic E-state index is -0.826. The Hall–Kier alpha value is -2.49. The van der Waals surface area contributed by atoms with E-state index >= 15 is 0 Å². The smallest absolute Gasteiger partial charge is 0.311 e. The van der Waals surface area contributed by atoms with Gasteiger partial charge in [0, 0.05) is 0 Å². The van der Waals surface area contributed by atoms with Crippen molar-refractivity contribution < 1.29 is 19.4 Å². The summed E-state index contributed by atoms with van der Waals surface area (Å²) in [5.74, 6) is -0.0195. The number of carboxylic acid groups (broad SMARTS) is 1. The Balaban J connectivity index is 2.20. The van der Waals surface area contributed by atoms with Crippen LogP contribution in [0.4, 0.5) is 0 Å². The van der Waals surface area contributed by atoms with Crippen molar-refractivity contribution in [1.29, 1.82) is 0 Å². The summed E-state index contributed by atoms with van der Waals surface area (Å²) in [6.07, 6.45) is 2.47. The zero-order valence-corrected chi connectivity index (χ0v) is 14.9. The Morgan fingerprint density at radius 3 is 2.44 bits per heavy atom. The third-order valence-electron chi connectivity index (χ3n) is 4.00. The van der Waals surface area contributed by atoms with Crippen LogP contribution in [0.3, 0.4) is 0 Å². The molecule has 0 heterocycles. The average Bonchev–Trinajstić information content (AvgIpc) is 2.62. The number of rotatable bonds is 10. The van der Waals surface area contributed by atoms with Gasteiger partial charge in [-0.15, -0.1) is 0 Å². The summed E-state index contributed by atoms with van der Waals surface area (Å²) in [4.78, 5) is 11.7. The van der Waals surface area contributed by atoms with E-state index in [1.807, 2.05) is 55.5 Å². The second-order valence-corrected chi connectivity index (χ2v) is 5.92. The Kier molecular flexibility index (Phi) is 7.33. The standard InChI is InChI=1S/C21H26O4/c1-3-5-13-25-19-12-11-16(15-20(19)24-4-2)14-18(21(22)23)17-9-7-6-8-10-17/h6-12,15,18H,3-5,13-14H2,1-2H3,(H,22,23). The van der Waals surface area contributed by atoms with Crippen molar-refractivity contribution in [3.63, 3.8) is 0 Å². The first-order valence-electron chi connectivity index (χ1n) is 8.82. The predicted molar refractivity (Wildman–Crippen MR) is 98.5 cm³/mol. The Morgan fingerprint density at radius 1 is 1.04 bits per heavy atom. The van der Waals surface area contributed by atoms with Crippen molar-refractivity contribution in [1.82, 2.24) is 0 Å². The van der Waals surface area contributed by atoms with E-state index in [-0.39, 0.29) is 0 Å². The number of hydrogen-bond donors (Lipinski definition) is 1. The maximum absolute atomic E-state index is 11.7. The monoisotopic (exact) mass is 342 g/mol. The minimum absolute atomic E-state index is 0.411. The largest absolute Gasteiger partial charge is 0.490 e. The van der Waals surface area contributed by atoms with Crippen molar-refractivity contribution in [3.05, 3.63) is 59.7 Å². The molecule has 0 saturated carbocycles. The lowest BCUT2D eigenvalue weighted by Gasteiger charge is -2.16. The molecule has 0 amide bonds. The van der Waals surface area contributed by atoms with Gasteiger partial charge in [-0.2, -0.15) is 0 Å². The van der Waals surface area contributed by atoms with Gasteiger partial charge < -0.3 is 14.6 Å². The summed E-state index contributed by atoms with van der Waals surface area (Å²) >= 11 is 0. The average molecular weight is 342 g/mol. The van der Waals surface area contributed by atoms with E-state index in [9.17, 15) is 9.90 Å². The third-order valence-corrected chi connectivity index (χ3v) is 4.00. The lowest BCUT2D eigenvalue weighted by Crippen LogP contribution is -2.14. The van der Waals surface area contributed by atoms with E-state index < -0.39 is 11.9 Å². The highest BCUT2D eigenvalue weighted by molar-refractivity contribution is 5.76. The van der Waals surface area contributed by atoms with Gasteiger partial charge in [-0.1, -0.05) is 49.7 Å². The minimum Gasteiger partial charge on any atom is -0.490 e. The van der Waals surface area contributed by atoms with Crippen LogP contribution in [0.1, 0.15) is 43.7 Å². The van der Waals surface area contributed by atoms with Gasteiger partial charge in [-0.3, -0.25) is 4.79 Å². The van der Waals surface area contributed by atoms with Crippen LogP contribution in [0.15, 0.2) is 48.5 Å². The molecule has 0 aliphatic rings. The molecule has 0 saturated heterocycles. The van der Waals surface area contributed by atoms with Crippen LogP contribution in [0, 0.1) is 0 Å². The van der Waals surface area contributed by atoms with E-state index in [0.29, 0.717) is 31.1 Å². The summed E-state index contributed by atoms with van der Waals surface area (Å²) < 4.78 is 11.5. The SMILES string of the molecule is CCCCOc1ccc(CC(C(=O)O)c2ccccc2)cc1OCC. The number of unbranched alkanes of at least 4 members (excludes halogenated alkanes) is 1. The molecule has 1 atom stereocenters. The number of carboxylic acids is 1. The fraction of sp³-hybridized carbons (Fsp3) is 0.381. The maximum Gasteiger partial charge on any atom is 0.311 e. The second kappa shape index (κ2) is 9.72. The second-order valence-electron chi connectivity index (χ2n) is 5.92. The highest BCUT2D eigenvalue weighted by atomic mass is 16.5. The van der Waals surface area contributed by atoms with Gasteiger partial charge in [0.1, 0.15) is 0 Å². The van der Waals surface area contributed by atoms with Gasteiger partial charge in [0.05, 0.1) is 19.1 Å². The van der Waals surface area contributed by atoms with Crippen LogP contribution in [0.5, 0.6) is 11.5 Å². The molecule has 134 valence electrons. The molecule has 2 rings (SSSR count). The van der Waals surface area contributed by atoms with Crippen molar-refractivity contribution in [2.45, 2.75) is 39.0 Å². The molecule has 0 aromatic heterocycles. The number of ether oxygens (including phenoxy) is 2. The molecule has 2 aromatic carbocycles. The summed E-state index contributed by atoms with van der Waals surface area (Å²) in [6.45, 7) is 5.23. The molecule has 0 bridgehead atoms. The molecule has 4 nitrogen and oxygen atoms in total. The lowest BCUT2D eigenvalue weighted by molar-refractivity contribution is -0.138. The highest BCUT2D eigenvalue weighted by Gasteiger charge is 2.21. The van der Waals surface area contributed by atoms with Crippen LogP contribution in [0.2, 0.25) is 0 Å². The fourth-order valence-electron chi connectivity index (χ4n) is 2.66. The molecule has 0 aliphatic heterocycles. The lowest BCUT2D eigenvalue weighted by atomic mass is 9.92. The summed E-state index contributed by atoms with van der Waals surface area (Å²) in [5, 5.41) is 9.60. The van der Waals surface area contributed by atoms with Crippen molar-refractivity contribution in [2.75, 3.05) is 13.2 Å². The molecule has 2 aromatic rings. The first kappa shape index (κ1) is 18.8. The van der Waals surface area contributed by atoms with Crippen LogP contribution in [-0.2, 0) is 11.2 Å². The molecule has 1 N–H and O–H groups in total. The zero-order valence-electron chi connectivity index (χ0n) is 14.9. The van der Waals surface area contributed by atoms with Crippen molar-refractivity contribution >= 4 is 5.97 Å². The molecule has 0 radical (unpaired) electrons. The topological polar surface area (TPSA) is 55.8 Å². The highest BCUT2D eigenvalue weighted by Crippen LogP contribution is 2.31. The number of hydrogen-bond acceptors (Lipinski definition) is 3. The molecule has 25 heavy (non-hydrogen) atoms. The van der Waals surface area contributed by atoms with Gasteiger partial charge in [0.25, 0.3) is 0 Å². The molecular formula is C21H26O4. The first-order chi connectivity index (χ1) is 12.2. The molecule has 4 heteroatoms. The van der Waals surface area contributed by atoms with Crippen molar-refractivity contribution in [2.24, 2.45) is 0 Å². The van der Waals surface area contributed by atoms with Crippen LogP contribution < -0.4 is 9.47 Å². The van der Waals surface area contributed by atoms with Crippen LogP contribution in [0.25, 0.3) is 0 Å². The van der Waals surface area contributed by atoms with E-state index in [1.54, 1.807) is 0 Å². The van der Waals surface area contributed by atoms with E-state index in [1.165, 1.54) is 0 Å². The molecule has 0 aliphatic carbocycles. The molecular weight excluding hydrogens is 316 g/mol.